The summed E-state index contributed by atoms with van der Waals surface area (Å²) in [4.78, 5) is 19.3. The van der Waals surface area contributed by atoms with E-state index >= 15 is 0 Å². The first-order valence-corrected chi connectivity index (χ1v) is 6.91. The Hall–Kier alpha value is -1.90. The number of hydrogen-bond donors (Lipinski definition) is 1. The van der Waals surface area contributed by atoms with E-state index in [9.17, 15) is 4.79 Å². The maximum absolute atomic E-state index is 11.8. The molecule has 1 fully saturated rings. The van der Waals surface area contributed by atoms with Gasteiger partial charge in [0.25, 0.3) is 5.56 Å². The van der Waals surface area contributed by atoms with E-state index in [-0.39, 0.29) is 5.56 Å². The number of aryl methyl sites for hydroxylation is 1. The third kappa shape index (κ3) is 2.60. The molecule has 2 aromatic rings. The SMILES string of the molecule is Cc1cccc(-c2nc(C3CCCC3)cc(=O)[nH]2)c1. The first-order valence-electron chi connectivity index (χ1n) is 6.91. The van der Waals surface area contributed by atoms with Crippen LogP contribution in [0.5, 0.6) is 0 Å². The largest absolute Gasteiger partial charge is 0.307 e. The Morgan fingerprint density at radius 1 is 1.21 bits per heavy atom. The molecule has 1 saturated carbocycles. The summed E-state index contributed by atoms with van der Waals surface area (Å²) in [5.41, 5.74) is 3.06. The van der Waals surface area contributed by atoms with Gasteiger partial charge in [-0.15, -0.1) is 0 Å². The zero-order chi connectivity index (χ0) is 13.2. The van der Waals surface area contributed by atoms with E-state index in [1.165, 1.54) is 18.4 Å². The van der Waals surface area contributed by atoms with Gasteiger partial charge in [-0.05, 0) is 25.8 Å². The summed E-state index contributed by atoms with van der Waals surface area (Å²) in [6.45, 7) is 2.04. The van der Waals surface area contributed by atoms with Crippen LogP contribution < -0.4 is 5.56 Å². The molecule has 19 heavy (non-hydrogen) atoms. The van der Waals surface area contributed by atoms with Gasteiger partial charge in [0.05, 0.1) is 5.69 Å². The van der Waals surface area contributed by atoms with E-state index in [4.69, 9.17) is 0 Å². The Morgan fingerprint density at radius 3 is 2.74 bits per heavy atom. The van der Waals surface area contributed by atoms with Crippen molar-refractivity contribution >= 4 is 0 Å². The first kappa shape index (κ1) is 12.2. The zero-order valence-electron chi connectivity index (χ0n) is 11.1. The molecule has 0 atom stereocenters. The van der Waals surface area contributed by atoms with Gasteiger partial charge in [0.1, 0.15) is 5.82 Å². The predicted octanol–water partition coefficient (Wildman–Crippen LogP) is 3.40. The molecule has 0 aliphatic heterocycles. The number of nitrogens with one attached hydrogen (secondary N) is 1. The van der Waals surface area contributed by atoms with Crippen LogP contribution >= 0.6 is 0 Å². The van der Waals surface area contributed by atoms with Crippen molar-refractivity contribution in [1.29, 1.82) is 0 Å². The Bertz CT molecular complexity index is 639. The van der Waals surface area contributed by atoms with Crippen LogP contribution in [0, 0.1) is 6.92 Å². The van der Waals surface area contributed by atoms with Gasteiger partial charge in [-0.3, -0.25) is 4.79 Å². The van der Waals surface area contributed by atoms with Gasteiger partial charge in [-0.2, -0.15) is 0 Å². The maximum Gasteiger partial charge on any atom is 0.251 e. The molecular formula is C16H18N2O. The Labute approximate surface area is 112 Å². The third-order valence-electron chi connectivity index (χ3n) is 3.83. The van der Waals surface area contributed by atoms with Crippen molar-refractivity contribution in [1.82, 2.24) is 9.97 Å². The van der Waals surface area contributed by atoms with Gasteiger partial charge in [0, 0.05) is 17.5 Å². The molecule has 1 aliphatic carbocycles. The molecule has 0 unspecified atom stereocenters. The summed E-state index contributed by atoms with van der Waals surface area (Å²) < 4.78 is 0. The summed E-state index contributed by atoms with van der Waals surface area (Å²) in [6.07, 6.45) is 4.81. The van der Waals surface area contributed by atoms with Crippen molar-refractivity contribution in [3.8, 4) is 11.4 Å². The highest BCUT2D eigenvalue weighted by Gasteiger charge is 2.19. The lowest BCUT2D eigenvalue weighted by molar-refractivity contribution is 0.693. The van der Waals surface area contributed by atoms with E-state index < -0.39 is 0 Å². The van der Waals surface area contributed by atoms with Gasteiger partial charge in [0.15, 0.2) is 0 Å². The van der Waals surface area contributed by atoms with Gasteiger partial charge in [0.2, 0.25) is 0 Å². The third-order valence-corrected chi connectivity index (χ3v) is 3.83. The summed E-state index contributed by atoms with van der Waals surface area (Å²) in [5.74, 6) is 1.16. The molecule has 1 N–H and O–H groups in total. The minimum absolute atomic E-state index is 0.0478. The summed E-state index contributed by atoms with van der Waals surface area (Å²) in [5, 5.41) is 0. The molecule has 98 valence electrons. The zero-order valence-corrected chi connectivity index (χ0v) is 11.1. The van der Waals surface area contributed by atoms with Gasteiger partial charge in [-0.1, -0.05) is 36.6 Å². The number of aromatic amines is 1. The molecule has 0 amide bonds. The molecule has 3 heteroatoms. The van der Waals surface area contributed by atoms with Crippen molar-refractivity contribution in [3.63, 3.8) is 0 Å². The average Bonchev–Trinajstić information content (AvgIpc) is 2.92. The number of benzene rings is 1. The van der Waals surface area contributed by atoms with Crippen LogP contribution in [0.3, 0.4) is 0 Å². The number of nitrogens with zero attached hydrogens (tertiary/aromatic N) is 1. The standard InChI is InChI=1S/C16H18N2O/c1-11-5-4-8-13(9-11)16-17-14(10-15(19)18-16)12-6-2-3-7-12/h4-5,8-10,12H,2-3,6-7H2,1H3,(H,17,18,19). The van der Waals surface area contributed by atoms with Crippen molar-refractivity contribution < 1.29 is 0 Å². The molecule has 1 heterocycles. The molecule has 3 nitrogen and oxygen atoms in total. The van der Waals surface area contributed by atoms with Gasteiger partial charge < -0.3 is 4.98 Å². The minimum atomic E-state index is -0.0478. The van der Waals surface area contributed by atoms with Gasteiger partial charge in [-0.25, -0.2) is 4.98 Å². The monoisotopic (exact) mass is 254 g/mol. The number of rotatable bonds is 2. The van der Waals surface area contributed by atoms with Crippen LogP contribution in [0.2, 0.25) is 0 Å². The Balaban J connectivity index is 2.04. The smallest absolute Gasteiger partial charge is 0.251 e. The highest BCUT2D eigenvalue weighted by molar-refractivity contribution is 5.55. The fraction of sp³-hybridized carbons (Fsp3) is 0.375. The van der Waals surface area contributed by atoms with Crippen LogP contribution in [-0.2, 0) is 0 Å². The van der Waals surface area contributed by atoms with E-state index in [0.29, 0.717) is 11.7 Å². The average molecular weight is 254 g/mol. The van der Waals surface area contributed by atoms with E-state index in [2.05, 4.69) is 16.0 Å². The summed E-state index contributed by atoms with van der Waals surface area (Å²) in [6, 6.07) is 9.74. The lowest BCUT2D eigenvalue weighted by Gasteiger charge is -2.10. The Morgan fingerprint density at radius 2 is 2.00 bits per heavy atom. The van der Waals surface area contributed by atoms with Crippen molar-refractivity contribution in [2.45, 2.75) is 38.5 Å². The van der Waals surface area contributed by atoms with Crippen LogP contribution in [0.4, 0.5) is 0 Å². The fourth-order valence-corrected chi connectivity index (χ4v) is 2.84. The molecule has 0 saturated heterocycles. The minimum Gasteiger partial charge on any atom is -0.307 e. The van der Waals surface area contributed by atoms with Crippen molar-refractivity contribution in [3.05, 3.63) is 51.9 Å². The van der Waals surface area contributed by atoms with E-state index in [1.54, 1.807) is 6.07 Å². The summed E-state index contributed by atoms with van der Waals surface area (Å²) >= 11 is 0. The molecule has 0 spiro atoms. The van der Waals surface area contributed by atoms with E-state index in [0.717, 1.165) is 24.1 Å². The molecular weight excluding hydrogens is 236 g/mol. The van der Waals surface area contributed by atoms with Gasteiger partial charge >= 0.3 is 0 Å². The van der Waals surface area contributed by atoms with Crippen LogP contribution in [-0.4, -0.2) is 9.97 Å². The Kier molecular flexibility index (Phi) is 3.20. The first-order chi connectivity index (χ1) is 9.22. The summed E-state index contributed by atoms with van der Waals surface area (Å²) in [7, 11) is 0. The lowest BCUT2D eigenvalue weighted by atomic mass is 10.0. The van der Waals surface area contributed by atoms with Crippen molar-refractivity contribution in [2.75, 3.05) is 0 Å². The topological polar surface area (TPSA) is 45.8 Å². The second-order valence-electron chi connectivity index (χ2n) is 5.37. The quantitative estimate of drug-likeness (QED) is 0.892. The van der Waals surface area contributed by atoms with Crippen LogP contribution in [0.25, 0.3) is 11.4 Å². The second kappa shape index (κ2) is 5.00. The maximum atomic E-state index is 11.8. The lowest BCUT2D eigenvalue weighted by Crippen LogP contribution is -2.12. The molecule has 1 aliphatic rings. The van der Waals surface area contributed by atoms with Crippen molar-refractivity contribution in [2.24, 2.45) is 0 Å². The normalized spacial score (nSPS) is 15.8. The molecule has 1 aromatic carbocycles. The highest BCUT2D eigenvalue weighted by atomic mass is 16.1. The molecule has 0 bridgehead atoms. The van der Waals surface area contributed by atoms with E-state index in [1.807, 2.05) is 25.1 Å². The number of hydrogen-bond acceptors (Lipinski definition) is 2. The second-order valence-corrected chi connectivity index (χ2v) is 5.37. The molecule has 3 rings (SSSR count). The number of aromatic nitrogens is 2. The van der Waals surface area contributed by atoms with Crippen LogP contribution in [0.1, 0.15) is 42.9 Å². The fourth-order valence-electron chi connectivity index (χ4n) is 2.84. The highest BCUT2D eigenvalue weighted by Crippen LogP contribution is 2.32. The molecule has 1 aromatic heterocycles. The molecule has 0 radical (unpaired) electrons. The van der Waals surface area contributed by atoms with Crippen LogP contribution in [0.15, 0.2) is 35.1 Å². The predicted molar refractivity (Wildman–Crippen MR) is 76.2 cm³/mol. The number of H-pyrrole nitrogens is 1.